The highest BCUT2D eigenvalue weighted by atomic mass is 19.2. The lowest BCUT2D eigenvalue weighted by Crippen LogP contribution is -2.24. The Morgan fingerprint density at radius 2 is 2.17 bits per heavy atom. The Hall–Kier alpha value is -2.02. The van der Waals surface area contributed by atoms with Crippen LogP contribution in [0.25, 0.3) is 0 Å². The van der Waals surface area contributed by atoms with E-state index in [0.29, 0.717) is 17.5 Å². The van der Waals surface area contributed by atoms with E-state index in [4.69, 9.17) is 9.26 Å². The third-order valence-corrected chi connectivity index (χ3v) is 4.36. The molecule has 2 heterocycles. The molecule has 24 heavy (non-hydrogen) atoms. The second-order valence-corrected chi connectivity index (χ2v) is 6.32. The first-order valence-corrected chi connectivity index (χ1v) is 8.09. The van der Waals surface area contributed by atoms with Crippen molar-refractivity contribution in [1.29, 1.82) is 0 Å². The first-order valence-electron chi connectivity index (χ1n) is 8.09. The lowest BCUT2D eigenvalue weighted by atomic mass is 10.1. The van der Waals surface area contributed by atoms with Crippen LogP contribution >= 0.6 is 0 Å². The zero-order valence-electron chi connectivity index (χ0n) is 14.1. The summed E-state index contributed by atoms with van der Waals surface area (Å²) in [4.78, 5) is 6.47. The van der Waals surface area contributed by atoms with Gasteiger partial charge in [0, 0.05) is 18.0 Å². The molecular formula is C17H21F2N3O2. The van der Waals surface area contributed by atoms with Gasteiger partial charge < -0.3 is 9.26 Å². The standard InChI is InChI=1S/C17H21F2N3O2/c1-10(2)16-20-17(24-21-16)13-5-4-8-22(13)9-11-14(23-3)7-6-12(18)15(11)19/h6-7,10,13H,4-5,8-9H2,1-3H3/t13-/m0/s1. The lowest BCUT2D eigenvalue weighted by Gasteiger charge is -2.23. The first kappa shape index (κ1) is 16.8. The van der Waals surface area contributed by atoms with Crippen LogP contribution in [0.2, 0.25) is 0 Å². The number of ether oxygens (including phenoxy) is 1. The van der Waals surface area contributed by atoms with Crippen LogP contribution in [0, 0.1) is 11.6 Å². The van der Waals surface area contributed by atoms with Crippen molar-refractivity contribution in [3.63, 3.8) is 0 Å². The van der Waals surface area contributed by atoms with Crippen molar-refractivity contribution in [3.05, 3.63) is 41.0 Å². The summed E-state index contributed by atoms with van der Waals surface area (Å²) < 4.78 is 38.4. The van der Waals surface area contributed by atoms with Crippen molar-refractivity contribution in [3.8, 4) is 5.75 Å². The second kappa shape index (κ2) is 6.84. The number of hydrogen-bond acceptors (Lipinski definition) is 5. The van der Waals surface area contributed by atoms with Crippen LogP contribution in [0.4, 0.5) is 8.78 Å². The molecule has 0 aliphatic carbocycles. The quantitative estimate of drug-likeness (QED) is 0.830. The SMILES string of the molecule is COc1ccc(F)c(F)c1CN1CCC[C@H]1c1nc(C(C)C)no1. The lowest BCUT2D eigenvalue weighted by molar-refractivity contribution is 0.196. The topological polar surface area (TPSA) is 51.4 Å². The van der Waals surface area contributed by atoms with Crippen molar-refractivity contribution in [1.82, 2.24) is 15.0 Å². The van der Waals surface area contributed by atoms with Gasteiger partial charge in [0.05, 0.1) is 13.2 Å². The van der Waals surface area contributed by atoms with Gasteiger partial charge in [-0.05, 0) is 31.5 Å². The van der Waals surface area contributed by atoms with E-state index in [-0.39, 0.29) is 24.1 Å². The molecule has 1 aromatic carbocycles. The molecule has 0 saturated carbocycles. The Labute approximate surface area is 139 Å². The number of halogens is 2. The maximum absolute atomic E-state index is 14.2. The summed E-state index contributed by atoms with van der Waals surface area (Å²) in [6.45, 7) is 4.97. The monoisotopic (exact) mass is 337 g/mol. The molecule has 7 heteroatoms. The van der Waals surface area contributed by atoms with Crippen LogP contribution in [-0.2, 0) is 6.54 Å². The van der Waals surface area contributed by atoms with Crippen LogP contribution < -0.4 is 4.74 Å². The van der Waals surface area contributed by atoms with E-state index in [0.717, 1.165) is 25.5 Å². The predicted molar refractivity (Wildman–Crippen MR) is 83.7 cm³/mol. The molecule has 1 fully saturated rings. The smallest absolute Gasteiger partial charge is 0.244 e. The molecule has 1 aromatic heterocycles. The number of methoxy groups -OCH3 is 1. The van der Waals surface area contributed by atoms with Gasteiger partial charge in [-0.15, -0.1) is 0 Å². The van der Waals surface area contributed by atoms with Crippen LogP contribution in [-0.4, -0.2) is 28.7 Å². The molecule has 0 bridgehead atoms. The van der Waals surface area contributed by atoms with Gasteiger partial charge >= 0.3 is 0 Å². The van der Waals surface area contributed by atoms with E-state index in [1.165, 1.54) is 13.2 Å². The minimum atomic E-state index is -0.874. The summed E-state index contributed by atoms with van der Waals surface area (Å²) in [5.74, 6) is -0.0285. The molecule has 1 aliphatic heterocycles. The van der Waals surface area contributed by atoms with Gasteiger partial charge in [0.1, 0.15) is 5.75 Å². The predicted octanol–water partition coefficient (Wildman–Crippen LogP) is 3.82. The number of likely N-dealkylation sites (tertiary alicyclic amines) is 1. The molecule has 0 radical (unpaired) electrons. The van der Waals surface area contributed by atoms with E-state index in [9.17, 15) is 8.78 Å². The van der Waals surface area contributed by atoms with Gasteiger partial charge in [-0.2, -0.15) is 4.98 Å². The Morgan fingerprint density at radius 1 is 1.38 bits per heavy atom. The number of hydrogen-bond donors (Lipinski definition) is 0. The first-order chi connectivity index (χ1) is 11.5. The van der Waals surface area contributed by atoms with Gasteiger partial charge in [0.15, 0.2) is 17.5 Å². The summed E-state index contributed by atoms with van der Waals surface area (Å²) >= 11 is 0. The van der Waals surface area contributed by atoms with Gasteiger partial charge in [0.2, 0.25) is 5.89 Å². The highest BCUT2D eigenvalue weighted by molar-refractivity contribution is 5.35. The molecular weight excluding hydrogens is 316 g/mol. The summed E-state index contributed by atoms with van der Waals surface area (Å²) in [6, 6.07) is 2.44. The zero-order chi connectivity index (χ0) is 17.3. The Morgan fingerprint density at radius 3 is 2.83 bits per heavy atom. The van der Waals surface area contributed by atoms with Crippen LogP contribution in [0.5, 0.6) is 5.75 Å². The van der Waals surface area contributed by atoms with E-state index in [1.807, 2.05) is 18.7 Å². The molecule has 0 N–H and O–H groups in total. The van der Waals surface area contributed by atoms with Crippen molar-refractivity contribution < 1.29 is 18.0 Å². The molecule has 1 aliphatic rings. The Kier molecular flexibility index (Phi) is 4.80. The van der Waals surface area contributed by atoms with Crippen molar-refractivity contribution >= 4 is 0 Å². The van der Waals surface area contributed by atoms with Gasteiger partial charge in [-0.1, -0.05) is 19.0 Å². The minimum Gasteiger partial charge on any atom is -0.496 e. The highest BCUT2D eigenvalue weighted by Crippen LogP contribution is 2.35. The molecule has 130 valence electrons. The number of aromatic nitrogens is 2. The van der Waals surface area contributed by atoms with Crippen molar-refractivity contribution in [2.24, 2.45) is 0 Å². The highest BCUT2D eigenvalue weighted by Gasteiger charge is 2.32. The molecule has 0 unspecified atom stereocenters. The van der Waals surface area contributed by atoms with E-state index in [1.54, 1.807) is 0 Å². The number of nitrogens with zero attached hydrogens (tertiary/aromatic N) is 3. The number of benzene rings is 1. The fraction of sp³-hybridized carbons (Fsp3) is 0.529. The van der Waals surface area contributed by atoms with E-state index >= 15 is 0 Å². The summed E-state index contributed by atoms with van der Waals surface area (Å²) in [5, 5.41) is 4.00. The van der Waals surface area contributed by atoms with Crippen molar-refractivity contribution in [2.45, 2.75) is 45.2 Å². The normalized spacial score (nSPS) is 18.5. The average Bonchev–Trinajstić information content (AvgIpc) is 3.20. The molecule has 3 rings (SSSR count). The minimum absolute atomic E-state index is 0.0858. The zero-order valence-corrected chi connectivity index (χ0v) is 14.1. The van der Waals surface area contributed by atoms with Gasteiger partial charge in [-0.3, -0.25) is 4.90 Å². The van der Waals surface area contributed by atoms with Crippen molar-refractivity contribution in [2.75, 3.05) is 13.7 Å². The van der Waals surface area contributed by atoms with Gasteiger partial charge in [0.25, 0.3) is 0 Å². The second-order valence-electron chi connectivity index (χ2n) is 6.32. The largest absolute Gasteiger partial charge is 0.496 e. The van der Waals surface area contributed by atoms with Crippen LogP contribution in [0.3, 0.4) is 0 Å². The summed E-state index contributed by atoms with van der Waals surface area (Å²) in [5.41, 5.74) is 0.216. The van der Waals surface area contributed by atoms with E-state index in [2.05, 4.69) is 10.1 Å². The fourth-order valence-electron chi connectivity index (χ4n) is 3.03. The molecule has 1 saturated heterocycles. The molecule has 0 spiro atoms. The third-order valence-electron chi connectivity index (χ3n) is 4.36. The summed E-state index contributed by atoms with van der Waals surface area (Å²) in [6.07, 6.45) is 1.78. The maximum atomic E-state index is 14.2. The Balaban J connectivity index is 1.85. The maximum Gasteiger partial charge on any atom is 0.244 e. The molecule has 5 nitrogen and oxygen atoms in total. The summed E-state index contributed by atoms with van der Waals surface area (Å²) in [7, 11) is 1.45. The molecule has 1 atom stereocenters. The fourth-order valence-corrected chi connectivity index (χ4v) is 3.03. The molecule has 2 aromatic rings. The molecule has 0 amide bonds. The van der Waals surface area contributed by atoms with E-state index < -0.39 is 11.6 Å². The average molecular weight is 337 g/mol. The number of rotatable bonds is 5. The third kappa shape index (κ3) is 3.13. The van der Waals surface area contributed by atoms with Crippen LogP contribution in [0.15, 0.2) is 16.7 Å². The van der Waals surface area contributed by atoms with Crippen LogP contribution in [0.1, 0.15) is 55.9 Å². The Bertz CT molecular complexity index is 718. The van der Waals surface area contributed by atoms with Gasteiger partial charge in [-0.25, -0.2) is 8.78 Å².